The van der Waals surface area contributed by atoms with Crippen LogP contribution in [0, 0.1) is 5.92 Å². The Hall–Kier alpha value is -0.840. The molecule has 4 nitrogen and oxygen atoms in total. The molecule has 0 heterocycles. The molecule has 23 heavy (non-hydrogen) atoms. The predicted octanol–water partition coefficient (Wildman–Crippen LogP) is 0.349. The van der Waals surface area contributed by atoms with Gasteiger partial charge in [-0.2, -0.15) is 0 Å². The van der Waals surface area contributed by atoms with Gasteiger partial charge in [0.1, 0.15) is 5.75 Å². The third-order valence-electron chi connectivity index (χ3n) is 3.02. The van der Waals surface area contributed by atoms with Crippen LogP contribution in [0.1, 0.15) is 59.3 Å². The number of carboxylic acids is 1. The molecule has 0 aromatic heterocycles. The summed E-state index contributed by atoms with van der Waals surface area (Å²) in [5.74, 6) is -0.354. The largest absolute Gasteiger partial charge is 1.00 e. The van der Waals surface area contributed by atoms with Gasteiger partial charge < -0.3 is 14.6 Å². The molecule has 0 aliphatic carbocycles. The summed E-state index contributed by atoms with van der Waals surface area (Å²) in [6.45, 7) is 5.99. The summed E-state index contributed by atoms with van der Waals surface area (Å²) in [5.41, 5.74) is 0. The molecular weight excluding hydrogens is 303 g/mol. The van der Waals surface area contributed by atoms with E-state index in [0.717, 1.165) is 25.7 Å². The molecule has 1 aromatic rings. The molecule has 0 aliphatic rings. The third kappa shape index (κ3) is 13.3. The number of benzene rings is 1. The Morgan fingerprint density at radius 3 is 1.87 bits per heavy atom. The van der Waals surface area contributed by atoms with Crippen LogP contribution in [0.15, 0.2) is 30.3 Å². The van der Waals surface area contributed by atoms with Crippen molar-refractivity contribution < 1.29 is 49.0 Å². The Labute approximate surface area is 161 Å². The summed E-state index contributed by atoms with van der Waals surface area (Å²) in [6, 6.07) is 9.28. The van der Waals surface area contributed by atoms with Crippen LogP contribution in [-0.4, -0.2) is 11.9 Å². The molecular formula is C18H27NaO4. The summed E-state index contributed by atoms with van der Waals surface area (Å²) < 4.78 is 5.34. The number of rotatable bonds is 8. The maximum Gasteiger partial charge on any atom is 1.00 e. The summed E-state index contributed by atoms with van der Waals surface area (Å²) in [6.07, 6.45) is 4.73. The molecule has 0 spiro atoms. The van der Waals surface area contributed by atoms with Gasteiger partial charge in [-0.3, -0.25) is 4.79 Å². The zero-order valence-corrected chi connectivity index (χ0v) is 16.8. The molecule has 0 fully saturated rings. The monoisotopic (exact) mass is 330 g/mol. The molecule has 0 amide bonds. The Balaban J connectivity index is 0. The number of hydrogen-bond acceptors (Lipinski definition) is 4. The number of esters is 1. The first-order valence-electron chi connectivity index (χ1n) is 8.01. The van der Waals surface area contributed by atoms with E-state index < -0.39 is 5.97 Å². The molecule has 0 radical (unpaired) electrons. The van der Waals surface area contributed by atoms with Crippen molar-refractivity contribution >= 4 is 11.9 Å². The molecule has 0 aliphatic heterocycles. The van der Waals surface area contributed by atoms with Crippen molar-refractivity contribution in [1.29, 1.82) is 0 Å². The first-order valence-corrected chi connectivity index (χ1v) is 8.01. The molecule has 0 unspecified atom stereocenters. The minimum Gasteiger partial charge on any atom is -0.550 e. The van der Waals surface area contributed by atoms with Crippen LogP contribution in [0.3, 0.4) is 0 Å². The number of ether oxygens (including phenoxy) is 1. The van der Waals surface area contributed by atoms with E-state index >= 15 is 0 Å². The second kappa shape index (κ2) is 16.0. The van der Waals surface area contributed by atoms with E-state index in [1.165, 1.54) is 0 Å². The van der Waals surface area contributed by atoms with E-state index in [9.17, 15) is 14.7 Å². The van der Waals surface area contributed by atoms with Crippen molar-refractivity contribution in [3.05, 3.63) is 30.3 Å². The Kier molecular flexibility index (Phi) is 17.0. The molecule has 0 N–H and O–H groups in total. The minimum atomic E-state index is -0.961. The van der Waals surface area contributed by atoms with Gasteiger partial charge >= 0.3 is 35.5 Å². The van der Waals surface area contributed by atoms with Crippen LogP contribution in [0.25, 0.3) is 0 Å². The molecule has 0 saturated carbocycles. The normalized spacial score (nSPS) is 9.39. The van der Waals surface area contributed by atoms with Crippen LogP contribution in [0.4, 0.5) is 0 Å². The van der Waals surface area contributed by atoms with Crippen molar-refractivity contribution in [2.24, 2.45) is 5.92 Å². The van der Waals surface area contributed by atoms with Crippen LogP contribution >= 0.6 is 0 Å². The molecule has 124 valence electrons. The van der Waals surface area contributed by atoms with E-state index in [0.29, 0.717) is 12.2 Å². The number of carbonyl (C=O) groups excluding carboxylic acids is 2. The standard InChI is InChI=1S/C14H20O2.C4H8O2.Na/c1-3-8-12(9-4-2)14(15)16-13-10-6-5-7-11-13;1-2-3-4(5)6;/h5-7,10-12H,3-4,8-9H2,1-2H3;2-3H2,1H3,(H,5,6);/q;;+1/p-1. The number of aliphatic carboxylic acids is 1. The Morgan fingerprint density at radius 2 is 1.52 bits per heavy atom. The van der Waals surface area contributed by atoms with E-state index in [1.54, 1.807) is 6.92 Å². The van der Waals surface area contributed by atoms with Crippen LogP contribution in [0.5, 0.6) is 5.75 Å². The van der Waals surface area contributed by atoms with Gasteiger partial charge in [0.05, 0.1) is 5.92 Å². The smallest absolute Gasteiger partial charge is 0.550 e. The number of carbonyl (C=O) groups is 2. The first kappa shape index (κ1) is 24.4. The van der Waals surface area contributed by atoms with Gasteiger partial charge in [-0.1, -0.05) is 58.2 Å². The average molecular weight is 330 g/mol. The second-order valence-electron chi connectivity index (χ2n) is 5.13. The molecule has 0 atom stereocenters. The summed E-state index contributed by atoms with van der Waals surface area (Å²) in [4.78, 5) is 21.4. The van der Waals surface area contributed by atoms with Crippen LogP contribution in [0.2, 0.25) is 0 Å². The summed E-state index contributed by atoms with van der Waals surface area (Å²) >= 11 is 0. The molecule has 5 heteroatoms. The number of para-hydroxylation sites is 1. The van der Waals surface area contributed by atoms with E-state index in [2.05, 4.69) is 13.8 Å². The number of hydrogen-bond donors (Lipinski definition) is 0. The van der Waals surface area contributed by atoms with Crippen molar-refractivity contribution in [2.45, 2.75) is 59.3 Å². The van der Waals surface area contributed by atoms with Gasteiger partial charge in [-0.25, -0.2) is 0 Å². The van der Waals surface area contributed by atoms with Crippen molar-refractivity contribution in [2.75, 3.05) is 0 Å². The summed E-state index contributed by atoms with van der Waals surface area (Å²) in [7, 11) is 0. The minimum absolute atomic E-state index is 0. The van der Waals surface area contributed by atoms with Gasteiger partial charge in [-0.05, 0) is 31.4 Å². The third-order valence-corrected chi connectivity index (χ3v) is 3.02. The van der Waals surface area contributed by atoms with Gasteiger partial charge in [0.15, 0.2) is 0 Å². The van der Waals surface area contributed by atoms with Gasteiger partial charge in [-0.15, -0.1) is 0 Å². The first-order chi connectivity index (χ1) is 10.5. The molecule has 1 rings (SSSR count). The van der Waals surface area contributed by atoms with E-state index in [4.69, 9.17) is 4.74 Å². The molecule has 0 bridgehead atoms. The fourth-order valence-corrected chi connectivity index (χ4v) is 1.97. The van der Waals surface area contributed by atoms with E-state index in [-0.39, 0.29) is 47.9 Å². The average Bonchev–Trinajstić information content (AvgIpc) is 2.48. The van der Waals surface area contributed by atoms with Crippen LogP contribution in [-0.2, 0) is 9.59 Å². The van der Waals surface area contributed by atoms with Crippen molar-refractivity contribution in [3.63, 3.8) is 0 Å². The maximum atomic E-state index is 11.9. The van der Waals surface area contributed by atoms with E-state index in [1.807, 2.05) is 30.3 Å². The summed E-state index contributed by atoms with van der Waals surface area (Å²) in [5, 5.41) is 9.49. The SMILES string of the molecule is CCCC(=O)[O-].CCCC(CCC)C(=O)Oc1ccccc1.[Na+]. The Bertz CT molecular complexity index is 414. The fourth-order valence-electron chi connectivity index (χ4n) is 1.97. The quantitative estimate of drug-likeness (QED) is 0.392. The van der Waals surface area contributed by atoms with Crippen LogP contribution < -0.4 is 39.4 Å². The maximum absolute atomic E-state index is 11.9. The van der Waals surface area contributed by atoms with Crippen molar-refractivity contribution in [3.8, 4) is 5.75 Å². The second-order valence-corrected chi connectivity index (χ2v) is 5.13. The molecule has 0 saturated heterocycles. The topological polar surface area (TPSA) is 66.4 Å². The number of carboxylic acid groups (broad SMARTS) is 1. The fraction of sp³-hybridized carbons (Fsp3) is 0.556. The predicted molar refractivity (Wildman–Crippen MR) is 85.3 cm³/mol. The van der Waals surface area contributed by atoms with Crippen molar-refractivity contribution in [1.82, 2.24) is 0 Å². The Morgan fingerprint density at radius 1 is 1.00 bits per heavy atom. The van der Waals surface area contributed by atoms with Gasteiger partial charge in [0.25, 0.3) is 0 Å². The zero-order chi connectivity index (χ0) is 16.8. The van der Waals surface area contributed by atoms with Gasteiger partial charge in [0, 0.05) is 5.97 Å². The zero-order valence-electron chi connectivity index (χ0n) is 14.8. The molecule has 1 aromatic carbocycles. The van der Waals surface area contributed by atoms with Gasteiger partial charge in [0.2, 0.25) is 0 Å².